The van der Waals surface area contributed by atoms with Gasteiger partial charge in [-0.2, -0.15) is 0 Å². The Labute approximate surface area is 169 Å². The molecule has 8 heteroatoms. The van der Waals surface area contributed by atoms with Gasteiger partial charge in [-0.3, -0.25) is 9.59 Å². The predicted molar refractivity (Wildman–Crippen MR) is 113 cm³/mol. The van der Waals surface area contributed by atoms with E-state index in [0.29, 0.717) is 26.2 Å². The van der Waals surface area contributed by atoms with Crippen LogP contribution < -0.4 is 10.6 Å². The van der Waals surface area contributed by atoms with Crippen LogP contribution in [0.3, 0.4) is 0 Å². The van der Waals surface area contributed by atoms with Crippen molar-refractivity contribution in [3.05, 3.63) is 24.3 Å². The molecule has 1 aromatic carbocycles. The molecule has 2 N–H and O–H groups in total. The van der Waals surface area contributed by atoms with E-state index in [9.17, 15) is 9.59 Å². The van der Waals surface area contributed by atoms with E-state index in [4.69, 9.17) is 9.47 Å². The van der Waals surface area contributed by atoms with Crippen molar-refractivity contribution in [3.8, 4) is 0 Å². The fourth-order valence-corrected chi connectivity index (χ4v) is 4.18. The van der Waals surface area contributed by atoms with E-state index in [2.05, 4.69) is 16.7 Å². The molecular formula is C19H30N2O4S2. The molecule has 0 unspecified atom stereocenters. The number of anilines is 1. The summed E-state index contributed by atoms with van der Waals surface area (Å²) < 4.78 is 10.5. The maximum atomic E-state index is 11.8. The van der Waals surface area contributed by atoms with Crippen LogP contribution in [0.1, 0.15) is 33.6 Å². The highest BCUT2D eigenvalue weighted by atomic mass is 33.1. The fourth-order valence-electron chi connectivity index (χ4n) is 1.99. The van der Waals surface area contributed by atoms with E-state index < -0.39 is 5.60 Å². The van der Waals surface area contributed by atoms with E-state index in [1.807, 2.05) is 46.0 Å². The van der Waals surface area contributed by atoms with E-state index in [1.165, 1.54) is 0 Å². The second-order valence-electron chi connectivity index (χ2n) is 6.70. The van der Waals surface area contributed by atoms with Crippen LogP contribution in [0.5, 0.6) is 0 Å². The highest BCUT2D eigenvalue weighted by Gasteiger charge is 2.15. The molecule has 0 saturated carbocycles. The Kier molecular flexibility index (Phi) is 11.3. The Morgan fingerprint density at radius 1 is 1.11 bits per heavy atom. The summed E-state index contributed by atoms with van der Waals surface area (Å²) in [6.07, 6.45) is 0.671. The van der Waals surface area contributed by atoms with E-state index in [-0.39, 0.29) is 18.3 Å². The second-order valence-corrected chi connectivity index (χ2v) is 9.16. The average molecular weight is 415 g/mol. The Hall–Kier alpha value is -1.38. The molecule has 0 fully saturated rings. The third-order valence-corrected chi connectivity index (χ3v) is 5.57. The highest BCUT2D eigenvalue weighted by Crippen LogP contribution is 2.36. The molecular weight excluding hydrogens is 384 g/mol. The molecule has 0 aliphatic carbocycles. The normalized spacial score (nSPS) is 11.1. The van der Waals surface area contributed by atoms with Gasteiger partial charge in [0.25, 0.3) is 0 Å². The van der Waals surface area contributed by atoms with E-state index in [1.54, 1.807) is 21.6 Å². The minimum atomic E-state index is -0.476. The fraction of sp³-hybridized carbons (Fsp3) is 0.579. The number of amides is 1. The van der Waals surface area contributed by atoms with Crippen LogP contribution in [0.4, 0.5) is 5.69 Å². The Morgan fingerprint density at radius 2 is 1.85 bits per heavy atom. The predicted octanol–water partition coefficient (Wildman–Crippen LogP) is 3.72. The molecule has 1 aromatic rings. The van der Waals surface area contributed by atoms with Crippen LogP contribution in [-0.4, -0.2) is 50.0 Å². The van der Waals surface area contributed by atoms with Gasteiger partial charge in [-0.1, -0.05) is 33.7 Å². The number of hydrogen-bond acceptors (Lipinski definition) is 7. The number of ether oxygens (including phenoxy) is 2. The van der Waals surface area contributed by atoms with Crippen LogP contribution in [0.2, 0.25) is 0 Å². The average Bonchev–Trinajstić information content (AvgIpc) is 2.60. The van der Waals surface area contributed by atoms with Crippen molar-refractivity contribution in [3.63, 3.8) is 0 Å². The maximum absolute atomic E-state index is 11.8. The summed E-state index contributed by atoms with van der Waals surface area (Å²) in [7, 11) is 5.21. The Morgan fingerprint density at radius 3 is 2.56 bits per heavy atom. The SMILES string of the molecule is CNc1ccccc1SSCCC(=O)NCCOCCC(=O)OC(C)(C)C. The number of carbonyl (C=O) groups excluding carboxylic acids is 2. The maximum Gasteiger partial charge on any atom is 0.308 e. The van der Waals surface area contributed by atoms with Crippen molar-refractivity contribution in [2.45, 2.75) is 44.1 Å². The largest absolute Gasteiger partial charge is 0.460 e. The molecule has 1 amide bonds. The number of para-hydroxylation sites is 1. The summed E-state index contributed by atoms with van der Waals surface area (Å²) in [5.41, 5.74) is 0.610. The number of benzene rings is 1. The highest BCUT2D eigenvalue weighted by molar-refractivity contribution is 8.76. The number of carbonyl (C=O) groups is 2. The molecule has 6 nitrogen and oxygen atoms in total. The van der Waals surface area contributed by atoms with E-state index >= 15 is 0 Å². The minimum Gasteiger partial charge on any atom is -0.460 e. The van der Waals surface area contributed by atoms with Gasteiger partial charge in [-0.25, -0.2) is 0 Å². The lowest BCUT2D eigenvalue weighted by atomic mass is 10.2. The van der Waals surface area contributed by atoms with E-state index in [0.717, 1.165) is 16.3 Å². The molecule has 0 aliphatic rings. The van der Waals surface area contributed by atoms with Gasteiger partial charge in [0, 0.05) is 36.3 Å². The smallest absolute Gasteiger partial charge is 0.308 e. The van der Waals surface area contributed by atoms with Crippen molar-refractivity contribution in [2.24, 2.45) is 0 Å². The van der Waals surface area contributed by atoms with Gasteiger partial charge in [0.1, 0.15) is 5.60 Å². The molecule has 0 atom stereocenters. The van der Waals surface area contributed by atoms with Crippen molar-refractivity contribution in [1.29, 1.82) is 0 Å². The van der Waals surface area contributed by atoms with Gasteiger partial charge >= 0.3 is 5.97 Å². The van der Waals surface area contributed by atoms with Crippen LogP contribution >= 0.6 is 21.6 Å². The molecule has 0 radical (unpaired) electrons. The van der Waals surface area contributed by atoms with Gasteiger partial charge in [-0.15, -0.1) is 0 Å². The number of hydrogen-bond donors (Lipinski definition) is 2. The number of rotatable bonds is 12. The monoisotopic (exact) mass is 414 g/mol. The molecule has 152 valence electrons. The lowest BCUT2D eigenvalue weighted by molar-refractivity contribution is -0.156. The third kappa shape index (κ3) is 11.8. The summed E-state index contributed by atoms with van der Waals surface area (Å²) >= 11 is 0. The zero-order valence-electron chi connectivity index (χ0n) is 16.5. The molecule has 0 saturated heterocycles. The van der Waals surface area contributed by atoms with Crippen molar-refractivity contribution in [1.82, 2.24) is 5.32 Å². The molecule has 0 spiro atoms. The summed E-state index contributed by atoms with van der Waals surface area (Å²) in [5.74, 6) is 0.454. The second kappa shape index (κ2) is 12.9. The quantitative estimate of drug-likeness (QED) is 0.307. The first-order chi connectivity index (χ1) is 12.8. The summed E-state index contributed by atoms with van der Waals surface area (Å²) in [6, 6.07) is 8.07. The van der Waals surface area contributed by atoms with Crippen LogP contribution in [0.25, 0.3) is 0 Å². The Balaban J connectivity index is 2.02. The van der Waals surface area contributed by atoms with Crippen LogP contribution in [0, 0.1) is 0 Å². The number of nitrogens with one attached hydrogen (secondary N) is 2. The van der Waals surface area contributed by atoms with Gasteiger partial charge in [0.2, 0.25) is 5.91 Å². The zero-order valence-corrected chi connectivity index (χ0v) is 18.1. The molecule has 0 heterocycles. The summed E-state index contributed by atoms with van der Waals surface area (Å²) in [6.45, 7) is 6.61. The molecule has 1 rings (SSSR count). The Bertz CT molecular complexity index is 591. The standard InChI is InChI=1S/C19H30N2O4S2/c1-19(2,3)25-18(23)9-12-24-13-11-21-17(22)10-14-26-27-16-8-6-5-7-15(16)20-4/h5-8,20H,9-14H2,1-4H3,(H,21,22). The lowest BCUT2D eigenvalue weighted by Crippen LogP contribution is -2.28. The summed E-state index contributed by atoms with van der Waals surface area (Å²) in [4.78, 5) is 24.5. The first kappa shape index (κ1) is 23.7. The van der Waals surface area contributed by atoms with Crippen molar-refractivity contribution < 1.29 is 19.1 Å². The minimum absolute atomic E-state index is 0.000689. The van der Waals surface area contributed by atoms with Gasteiger partial charge in [0.15, 0.2) is 0 Å². The first-order valence-electron chi connectivity index (χ1n) is 8.94. The van der Waals surface area contributed by atoms with Gasteiger partial charge in [0.05, 0.1) is 19.6 Å². The van der Waals surface area contributed by atoms with Crippen LogP contribution in [0.15, 0.2) is 29.2 Å². The number of esters is 1. The van der Waals surface area contributed by atoms with Crippen molar-refractivity contribution in [2.75, 3.05) is 37.9 Å². The van der Waals surface area contributed by atoms with Gasteiger partial charge < -0.3 is 20.1 Å². The zero-order chi connectivity index (χ0) is 20.1. The van der Waals surface area contributed by atoms with Gasteiger partial charge in [-0.05, 0) is 32.9 Å². The molecule has 0 aromatic heterocycles. The lowest BCUT2D eigenvalue weighted by Gasteiger charge is -2.19. The van der Waals surface area contributed by atoms with Crippen molar-refractivity contribution >= 4 is 39.2 Å². The third-order valence-electron chi connectivity index (χ3n) is 3.16. The first-order valence-corrected chi connectivity index (χ1v) is 11.3. The molecule has 0 aliphatic heterocycles. The molecule has 0 bridgehead atoms. The van der Waals surface area contributed by atoms with Crippen LogP contribution in [-0.2, 0) is 19.1 Å². The topological polar surface area (TPSA) is 76.7 Å². The summed E-state index contributed by atoms with van der Waals surface area (Å²) in [5, 5.41) is 5.97. The molecule has 27 heavy (non-hydrogen) atoms.